The first-order valence-corrected chi connectivity index (χ1v) is 4.81. The topological polar surface area (TPSA) is 20.1 Å². The lowest BCUT2D eigenvalue weighted by Crippen LogP contribution is -2.23. The summed E-state index contributed by atoms with van der Waals surface area (Å²) >= 11 is 0. The molecule has 1 aliphatic rings. The van der Waals surface area contributed by atoms with Gasteiger partial charge in [0.1, 0.15) is 6.04 Å². The monoisotopic (exact) mass is 229 g/mol. The van der Waals surface area contributed by atoms with Crippen LogP contribution in [0.5, 0.6) is 0 Å². The van der Waals surface area contributed by atoms with Crippen molar-refractivity contribution in [1.29, 1.82) is 0 Å². The van der Waals surface area contributed by atoms with Crippen molar-refractivity contribution in [2.75, 3.05) is 7.05 Å². The highest BCUT2D eigenvalue weighted by molar-refractivity contribution is 6.02. The van der Waals surface area contributed by atoms with Gasteiger partial charge in [-0.1, -0.05) is 30.3 Å². The van der Waals surface area contributed by atoms with Gasteiger partial charge in [0.15, 0.2) is 5.78 Å². The van der Waals surface area contributed by atoms with Gasteiger partial charge in [-0.15, -0.1) is 0 Å². The van der Waals surface area contributed by atoms with Gasteiger partial charge in [0.25, 0.3) is 0 Å². The summed E-state index contributed by atoms with van der Waals surface area (Å²) in [7, 11) is 1.31. The van der Waals surface area contributed by atoms with Crippen LogP contribution in [-0.2, 0) is 0 Å². The molecule has 2 rings (SSSR count). The van der Waals surface area contributed by atoms with Gasteiger partial charge < -0.3 is 0 Å². The Bertz CT molecular complexity index is 401. The van der Waals surface area contributed by atoms with Crippen molar-refractivity contribution in [3.63, 3.8) is 0 Å². The van der Waals surface area contributed by atoms with Crippen molar-refractivity contribution >= 4 is 5.78 Å². The van der Waals surface area contributed by atoms with Crippen LogP contribution in [0.25, 0.3) is 0 Å². The largest absolute Gasteiger partial charge is 0.406 e. The maximum Gasteiger partial charge on any atom is 0.406 e. The molecule has 0 amide bonds. The quantitative estimate of drug-likeness (QED) is 0.571. The summed E-state index contributed by atoms with van der Waals surface area (Å²) in [5.74, 6) is -0.467. The molecule has 2 nitrogen and oxygen atoms in total. The summed E-state index contributed by atoms with van der Waals surface area (Å²) in [4.78, 5) is 12.8. The van der Waals surface area contributed by atoms with Crippen LogP contribution in [0.1, 0.15) is 10.4 Å². The van der Waals surface area contributed by atoms with E-state index in [-0.39, 0.29) is 0 Å². The number of alkyl halides is 3. The van der Waals surface area contributed by atoms with Crippen LogP contribution < -0.4 is 0 Å². The van der Waals surface area contributed by atoms with Crippen molar-refractivity contribution in [2.24, 2.45) is 0 Å². The number of ketones is 1. The Balaban J connectivity index is 2.15. The fraction of sp³-hybridized carbons (Fsp3) is 0.364. The van der Waals surface area contributed by atoms with E-state index in [9.17, 15) is 18.0 Å². The molecule has 0 aliphatic carbocycles. The molecule has 0 radical (unpaired) electrons. The number of nitrogens with zero attached hydrogens (tertiary/aromatic N) is 1. The molecule has 5 heteroatoms. The molecule has 0 spiro atoms. The Hall–Kier alpha value is -1.36. The van der Waals surface area contributed by atoms with Crippen molar-refractivity contribution in [1.82, 2.24) is 4.90 Å². The zero-order valence-electron chi connectivity index (χ0n) is 8.53. The number of rotatable bonds is 2. The summed E-state index contributed by atoms with van der Waals surface area (Å²) in [5, 5.41) is 0. The first kappa shape index (κ1) is 11.1. The Morgan fingerprint density at radius 1 is 1.25 bits per heavy atom. The molecule has 16 heavy (non-hydrogen) atoms. The minimum atomic E-state index is -4.33. The highest BCUT2D eigenvalue weighted by Gasteiger charge is 2.63. The van der Waals surface area contributed by atoms with E-state index in [0.717, 1.165) is 4.90 Å². The van der Waals surface area contributed by atoms with E-state index in [1.165, 1.54) is 19.2 Å². The third-order valence-corrected chi connectivity index (χ3v) is 2.75. The van der Waals surface area contributed by atoms with Crippen LogP contribution in [0.2, 0.25) is 0 Å². The third-order valence-electron chi connectivity index (χ3n) is 2.75. The number of benzene rings is 1. The van der Waals surface area contributed by atoms with E-state index in [0.29, 0.717) is 5.56 Å². The molecule has 0 saturated carbocycles. The predicted molar refractivity (Wildman–Crippen MR) is 52.2 cm³/mol. The lowest BCUT2D eigenvalue weighted by atomic mass is 10.1. The van der Waals surface area contributed by atoms with Crippen molar-refractivity contribution in [3.8, 4) is 0 Å². The molecule has 1 unspecified atom stereocenters. The molecule has 0 aromatic heterocycles. The van der Waals surface area contributed by atoms with Crippen LogP contribution in [0, 0.1) is 0 Å². The van der Waals surface area contributed by atoms with Gasteiger partial charge in [-0.2, -0.15) is 13.2 Å². The van der Waals surface area contributed by atoms with Gasteiger partial charge in [-0.05, 0) is 7.05 Å². The molecular formula is C11H10F3NO. The minimum absolute atomic E-state index is 0.325. The molecule has 1 aromatic rings. The number of likely N-dealkylation sites (N-methyl/N-ethyl adjacent to an activating group) is 1. The molecule has 1 aliphatic heterocycles. The zero-order valence-corrected chi connectivity index (χ0v) is 8.53. The minimum Gasteiger partial charge on any atom is -0.292 e. The second-order valence-corrected chi connectivity index (χ2v) is 3.83. The van der Waals surface area contributed by atoms with Crippen LogP contribution >= 0.6 is 0 Å². The van der Waals surface area contributed by atoms with Crippen molar-refractivity contribution in [2.45, 2.75) is 18.3 Å². The van der Waals surface area contributed by atoms with E-state index in [1.807, 2.05) is 0 Å². The fourth-order valence-corrected chi connectivity index (χ4v) is 1.85. The second-order valence-electron chi connectivity index (χ2n) is 3.83. The summed E-state index contributed by atoms with van der Waals surface area (Å²) in [6, 6.07) is 5.37. The Morgan fingerprint density at radius 3 is 2.25 bits per heavy atom. The van der Waals surface area contributed by atoms with E-state index < -0.39 is 24.0 Å². The average molecular weight is 229 g/mol. The van der Waals surface area contributed by atoms with E-state index in [4.69, 9.17) is 0 Å². The molecule has 1 fully saturated rings. The highest BCUT2D eigenvalue weighted by Crippen LogP contribution is 2.41. The molecule has 0 N–H and O–H groups in total. The lowest BCUT2D eigenvalue weighted by Gasteiger charge is -2.02. The van der Waals surface area contributed by atoms with Crippen LogP contribution in [0.3, 0.4) is 0 Å². The second kappa shape index (κ2) is 3.59. The van der Waals surface area contributed by atoms with Gasteiger partial charge in [-0.25, -0.2) is 0 Å². The highest BCUT2D eigenvalue weighted by atomic mass is 19.4. The Morgan fingerprint density at radius 2 is 1.81 bits per heavy atom. The number of halogens is 3. The average Bonchev–Trinajstić information content (AvgIpc) is 2.90. The van der Waals surface area contributed by atoms with Gasteiger partial charge in [0, 0.05) is 5.56 Å². The molecule has 1 heterocycles. The summed E-state index contributed by atoms with van der Waals surface area (Å²) in [5.41, 5.74) is 0.325. The fourth-order valence-electron chi connectivity index (χ4n) is 1.85. The molecule has 1 aromatic carbocycles. The molecule has 1 saturated heterocycles. The normalized spacial score (nSPS) is 28.9. The van der Waals surface area contributed by atoms with E-state index in [2.05, 4.69) is 0 Å². The predicted octanol–water partition coefficient (Wildman–Crippen LogP) is 2.11. The first-order valence-electron chi connectivity index (χ1n) is 4.81. The maximum absolute atomic E-state index is 12.4. The standard InChI is InChI=1S/C11H10F3NO/c1-15-8(10(15)11(12,13)14)9(16)7-5-3-2-4-6-7/h2-6,8,10H,1H3/t8-,10-,15?/m1/s1. The summed E-state index contributed by atoms with van der Waals surface area (Å²) < 4.78 is 37.3. The van der Waals surface area contributed by atoms with E-state index in [1.54, 1.807) is 18.2 Å². The summed E-state index contributed by atoms with van der Waals surface area (Å²) in [6.07, 6.45) is -4.33. The molecular weight excluding hydrogens is 219 g/mol. The molecule has 0 bridgehead atoms. The first-order chi connectivity index (χ1) is 7.43. The van der Waals surface area contributed by atoms with Gasteiger partial charge in [0.05, 0.1) is 6.04 Å². The zero-order chi connectivity index (χ0) is 11.9. The smallest absolute Gasteiger partial charge is 0.292 e. The number of hydrogen-bond acceptors (Lipinski definition) is 2. The number of carbonyl (C=O) groups excluding carboxylic acids is 1. The van der Waals surface area contributed by atoms with Gasteiger partial charge in [-0.3, -0.25) is 9.69 Å². The van der Waals surface area contributed by atoms with E-state index >= 15 is 0 Å². The Kier molecular flexibility index (Phi) is 2.50. The summed E-state index contributed by atoms with van der Waals surface area (Å²) in [6.45, 7) is 0. The van der Waals surface area contributed by atoms with Crippen molar-refractivity contribution in [3.05, 3.63) is 35.9 Å². The SMILES string of the molecule is CN1[C@H](C(=O)c2ccccc2)[C@@H]1C(F)(F)F. The maximum atomic E-state index is 12.4. The van der Waals surface area contributed by atoms with Gasteiger partial charge >= 0.3 is 6.18 Å². The molecule has 86 valence electrons. The van der Waals surface area contributed by atoms with Crippen LogP contribution in [-0.4, -0.2) is 36.0 Å². The number of hydrogen-bond donors (Lipinski definition) is 0. The number of carbonyl (C=O) groups is 1. The molecule has 3 atom stereocenters. The third kappa shape index (κ3) is 1.82. The van der Waals surface area contributed by atoms with Crippen molar-refractivity contribution < 1.29 is 18.0 Å². The van der Waals surface area contributed by atoms with Crippen LogP contribution in [0.15, 0.2) is 30.3 Å². The number of Topliss-reactive ketones (excluding diaryl/α,β-unsaturated/α-hetero) is 1. The van der Waals surface area contributed by atoms with Gasteiger partial charge in [0.2, 0.25) is 0 Å². The lowest BCUT2D eigenvalue weighted by molar-refractivity contribution is -0.136. The Labute approximate surface area is 90.7 Å². The van der Waals surface area contributed by atoms with Crippen LogP contribution in [0.4, 0.5) is 13.2 Å².